The van der Waals surface area contributed by atoms with Crippen LogP contribution in [-0.4, -0.2) is 29.5 Å². The van der Waals surface area contributed by atoms with E-state index < -0.39 is 11.6 Å². The molecular weight excluding hydrogens is 300 g/mol. The molecule has 0 saturated heterocycles. The third kappa shape index (κ3) is 2.95. The molecule has 1 aromatic carbocycles. The van der Waals surface area contributed by atoms with Crippen molar-refractivity contribution < 1.29 is 9.90 Å². The quantitative estimate of drug-likeness (QED) is 0.729. The summed E-state index contributed by atoms with van der Waals surface area (Å²) in [7, 11) is 0. The molecule has 126 valence electrons. The van der Waals surface area contributed by atoms with Gasteiger partial charge < -0.3 is 15.7 Å². The van der Waals surface area contributed by atoms with E-state index in [0.717, 1.165) is 25.2 Å². The number of aliphatic hydroxyl groups is 1. The van der Waals surface area contributed by atoms with Crippen LogP contribution in [0.3, 0.4) is 0 Å². The second-order valence-corrected chi connectivity index (χ2v) is 6.22. The van der Waals surface area contributed by atoms with Crippen molar-refractivity contribution in [1.82, 2.24) is 10.6 Å². The third-order valence-electron chi connectivity index (χ3n) is 4.58. The smallest absolute Gasteiger partial charge is 0.192 e. The normalized spacial score (nSPS) is 27.3. The van der Waals surface area contributed by atoms with E-state index in [0.29, 0.717) is 16.7 Å². The Labute approximate surface area is 143 Å². The van der Waals surface area contributed by atoms with Gasteiger partial charge in [-0.3, -0.25) is 4.79 Å². The Balaban J connectivity index is 1.94. The number of ketones is 1. The number of rotatable bonds is 5. The monoisotopic (exact) mass is 324 g/mol. The maximum absolute atomic E-state index is 12.7. The molecule has 2 aliphatic carbocycles. The summed E-state index contributed by atoms with van der Waals surface area (Å²) in [4.78, 5) is 12.7. The fourth-order valence-electron chi connectivity index (χ4n) is 3.42. The van der Waals surface area contributed by atoms with Crippen LogP contribution in [0.2, 0.25) is 0 Å². The number of benzene rings is 1. The number of fused-ring (bicyclic) bond motifs is 1. The number of hydrogen-bond donors (Lipinski definition) is 3. The number of likely N-dealkylation sites (N-methyl/N-ethyl adjacent to an activating group) is 2. The average Bonchev–Trinajstić information content (AvgIpc) is 2.83. The fraction of sp³-hybridized carbons (Fsp3) is 0.350. The first-order valence-electron chi connectivity index (χ1n) is 8.53. The molecule has 0 bridgehead atoms. The van der Waals surface area contributed by atoms with E-state index in [2.05, 4.69) is 29.7 Å². The van der Waals surface area contributed by atoms with Crippen molar-refractivity contribution in [2.75, 3.05) is 13.1 Å². The molecule has 1 aromatic rings. The van der Waals surface area contributed by atoms with E-state index in [1.165, 1.54) is 0 Å². The van der Waals surface area contributed by atoms with Crippen LogP contribution >= 0.6 is 0 Å². The number of nitrogens with one attached hydrogen (secondary N) is 2. The highest BCUT2D eigenvalue weighted by molar-refractivity contribution is 6.14. The second-order valence-electron chi connectivity index (χ2n) is 6.22. The van der Waals surface area contributed by atoms with Gasteiger partial charge in [0.05, 0.1) is 5.54 Å². The average molecular weight is 324 g/mol. The molecule has 0 spiro atoms. The number of carbonyl (C=O) groups excluding carboxylic acids is 1. The van der Waals surface area contributed by atoms with E-state index in [-0.39, 0.29) is 5.78 Å². The molecule has 0 amide bonds. The molecule has 0 fully saturated rings. The largest absolute Gasteiger partial charge is 0.386 e. The zero-order valence-corrected chi connectivity index (χ0v) is 14.2. The summed E-state index contributed by atoms with van der Waals surface area (Å²) in [6.07, 6.45) is 8.02. The van der Waals surface area contributed by atoms with Crippen LogP contribution < -0.4 is 10.6 Å². The maximum Gasteiger partial charge on any atom is 0.192 e. The minimum absolute atomic E-state index is 0.0785. The van der Waals surface area contributed by atoms with E-state index in [1.54, 1.807) is 6.07 Å². The van der Waals surface area contributed by atoms with Crippen LogP contribution in [0.25, 0.3) is 0 Å². The molecule has 0 saturated carbocycles. The van der Waals surface area contributed by atoms with Gasteiger partial charge in [-0.1, -0.05) is 49.4 Å². The second kappa shape index (κ2) is 6.75. The predicted octanol–water partition coefficient (Wildman–Crippen LogP) is 2.64. The minimum atomic E-state index is -0.850. The lowest BCUT2D eigenvalue weighted by molar-refractivity contribution is 0.101. The summed E-state index contributed by atoms with van der Waals surface area (Å²) in [5.74, 6) is -0.0785. The van der Waals surface area contributed by atoms with Gasteiger partial charge in [-0.2, -0.15) is 0 Å². The zero-order valence-electron chi connectivity index (χ0n) is 14.2. The van der Waals surface area contributed by atoms with Gasteiger partial charge in [0, 0.05) is 23.4 Å². The Morgan fingerprint density at radius 3 is 2.71 bits per heavy atom. The number of hydrogen-bond acceptors (Lipinski definition) is 4. The van der Waals surface area contributed by atoms with Crippen LogP contribution in [0.1, 0.15) is 42.3 Å². The van der Waals surface area contributed by atoms with Gasteiger partial charge in [-0.25, -0.2) is 0 Å². The molecule has 0 radical (unpaired) electrons. The highest BCUT2D eigenvalue weighted by Gasteiger charge is 2.36. The number of aliphatic hydroxyl groups excluding tert-OH is 1. The molecule has 3 rings (SSSR count). The first kappa shape index (κ1) is 16.7. The van der Waals surface area contributed by atoms with Gasteiger partial charge in [0.25, 0.3) is 0 Å². The summed E-state index contributed by atoms with van der Waals surface area (Å²) in [5.41, 5.74) is 2.41. The molecule has 4 nitrogen and oxygen atoms in total. The summed E-state index contributed by atoms with van der Waals surface area (Å²) >= 11 is 0. The summed E-state index contributed by atoms with van der Waals surface area (Å²) in [5, 5.41) is 17.3. The standard InChI is InChI=1S/C20H24N2O2/c1-3-21-14-9-11-20(12-10-14,22-4-2)13-17-18(23)15-7-5-6-8-16(15)19(17)24/h5-11,13,18,21-23H,3-4,12H2,1-2H3. The summed E-state index contributed by atoms with van der Waals surface area (Å²) < 4.78 is 0. The van der Waals surface area contributed by atoms with Crippen molar-refractivity contribution in [2.24, 2.45) is 0 Å². The Kier molecular flexibility index (Phi) is 4.69. The van der Waals surface area contributed by atoms with Gasteiger partial charge in [0.2, 0.25) is 0 Å². The number of Topliss-reactive ketones (excluding diaryl/α,β-unsaturated/α-hetero) is 1. The molecule has 0 heterocycles. The lowest BCUT2D eigenvalue weighted by atomic mass is 9.86. The zero-order chi connectivity index (χ0) is 17.2. The van der Waals surface area contributed by atoms with E-state index in [9.17, 15) is 9.90 Å². The molecule has 4 heteroatoms. The lowest BCUT2D eigenvalue weighted by Gasteiger charge is -2.31. The first-order valence-corrected chi connectivity index (χ1v) is 8.53. The lowest BCUT2D eigenvalue weighted by Crippen LogP contribution is -2.43. The Morgan fingerprint density at radius 2 is 2.08 bits per heavy atom. The van der Waals surface area contributed by atoms with Crippen LogP contribution in [0.5, 0.6) is 0 Å². The first-order chi connectivity index (χ1) is 11.6. The van der Waals surface area contributed by atoms with Crippen LogP contribution in [0.15, 0.2) is 59.8 Å². The summed E-state index contributed by atoms with van der Waals surface area (Å²) in [6.45, 7) is 5.75. The number of allylic oxidation sites excluding steroid dienone is 1. The van der Waals surface area contributed by atoms with Crippen molar-refractivity contribution >= 4 is 5.78 Å². The number of carbonyl (C=O) groups is 1. The van der Waals surface area contributed by atoms with E-state index >= 15 is 0 Å². The molecule has 0 aromatic heterocycles. The van der Waals surface area contributed by atoms with E-state index in [4.69, 9.17) is 0 Å². The minimum Gasteiger partial charge on any atom is -0.386 e. The summed E-state index contributed by atoms with van der Waals surface area (Å²) in [6, 6.07) is 7.28. The van der Waals surface area contributed by atoms with Crippen molar-refractivity contribution in [3.63, 3.8) is 0 Å². The SMILES string of the molecule is CCNC1=CCC(C=C2C(=O)c3ccccc3C2O)(NCC)C=C1. The topological polar surface area (TPSA) is 61.4 Å². The maximum atomic E-state index is 12.7. The highest BCUT2D eigenvalue weighted by Crippen LogP contribution is 2.37. The van der Waals surface area contributed by atoms with Crippen LogP contribution in [0, 0.1) is 0 Å². The van der Waals surface area contributed by atoms with E-state index in [1.807, 2.05) is 37.3 Å². The molecule has 2 aliphatic rings. The van der Waals surface area contributed by atoms with Gasteiger partial charge in [0.15, 0.2) is 5.78 Å². The Morgan fingerprint density at radius 1 is 1.29 bits per heavy atom. The fourth-order valence-corrected chi connectivity index (χ4v) is 3.42. The molecule has 2 unspecified atom stereocenters. The van der Waals surface area contributed by atoms with Crippen molar-refractivity contribution in [3.05, 3.63) is 71.0 Å². The molecular formula is C20H24N2O2. The van der Waals surface area contributed by atoms with Gasteiger partial charge in [-0.15, -0.1) is 0 Å². The Bertz CT molecular complexity index is 733. The molecule has 0 aliphatic heterocycles. The van der Waals surface area contributed by atoms with Crippen LogP contribution in [0.4, 0.5) is 0 Å². The van der Waals surface area contributed by atoms with Crippen LogP contribution in [-0.2, 0) is 0 Å². The molecule has 2 atom stereocenters. The predicted molar refractivity (Wildman–Crippen MR) is 95.7 cm³/mol. The molecule has 24 heavy (non-hydrogen) atoms. The van der Waals surface area contributed by atoms with Crippen molar-refractivity contribution in [1.29, 1.82) is 0 Å². The van der Waals surface area contributed by atoms with Gasteiger partial charge >= 0.3 is 0 Å². The third-order valence-corrected chi connectivity index (χ3v) is 4.58. The Hall–Kier alpha value is -2.17. The van der Waals surface area contributed by atoms with Crippen molar-refractivity contribution in [2.45, 2.75) is 31.9 Å². The van der Waals surface area contributed by atoms with Gasteiger partial charge in [0.1, 0.15) is 6.10 Å². The highest BCUT2D eigenvalue weighted by atomic mass is 16.3. The van der Waals surface area contributed by atoms with Crippen molar-refractivity contribution in [3.8, 4) is 0 Å². The van der Waals surface area contributed by atoms with Gasteiger partial charge in [-0.05, 0) is 31.5 Å². The molecule has 3 N–H and O–H groups in total.